The van der Waals surface area contributed by atoms with Gasteiger partial charge in [0, 0.05) is 25.3 Å². The van der Waals surface area contributed by atoms with Crippen LogP contribution in [0.15, 0.2) is 18.2 Å². The lowest BCUT2D eigenvalue weighted by atomic mass is 10.1. The molecule has 0 aliphatic carbocycles. The van der Waals surface area contributed by atoms with Gasteiger partial charge in [-0.15, -0.1) is 0 Å². The molecule has 4 nitrogen and oxygen atoms in total. The molecule has 2 rings (SSSR count). The minimum absolute atomic E-state index is 0.173. The minimum atomic E-state index is 0.173. The summed E-state index contributed by atoms with van der Waals surface area (Å²) < 4.78 is 0. The highest BCUT2D eigenvalue weighted by atomic mass is 16.2. The van der Waals surface area contributed by atoms with Gasteiger partial charge in [0.1, 0.15) is 0 Å². The van der Waals surface area contributed by atoms with Crippen LogP contribution in [0, 0.1) is 0 Å². The molecule has 1 aromatic carbocycles. The van der Waals surface area contributed by atoms with Gasteiger partial charge in [0.2, 0.25) is 5.91 Å². The first-order valence-corrected chi connectivity index (χ1v) is 6.42. The Bertz CT molecular complexity index is 443. The van der Waals surface area contributed by atoms with Crippen molar-refractivity contribution in [3.63, 3.8) is 0 Å². The highest BCUT2D eigenvalue weighted by Crippen LogP contribution is 2.28. The van der Waals surface area contributed by atoms with Gasteiger partial charge in [-0.3, -0.25) is 4.79 Å². The fourth-order valence-electron chi connectivity index (χ4n) is 2.20. The maximum absolute atomic E-state index is 11.6. The average molecular weight is 247 g/mol. The van der Waals surface area contributed by atoms with Crippen LogP contribution in [0.25, 0.3) is 0 Å². The van der Waals surface area contributed by atoms with Crippen LogP contribution in [-0.2, 0) is 17.8 Å². The highest BCUT2D eigenvalue weighted by Gasteiger charge is 2.23. The first-order chi connectivity index (χ1) is 8.58. The van der Waals surface area contributed by atoms with Crippen molar-refractivity contribution < 1.29 is 4.79 Å². The number of anilines is 1. The molecule has 1 aliphatic rings. The monoisotopic (exact) mass is 247 g/mol. The number of nitrogens with one attached hydrogen (secondary N) is 1. The summed E-state index contributed by atoms with van der Waals surface area (Å²) in [4.78, 5) is 13.3. The molecule has 1 heterocycles. The van der Waals surface area contributed by atoms with Crippen LogP contribution in [0.1, 0.15) is 24.5 Å². The molecule has 0 bridgehead atoms. The maximum atomic E-state index is 11.6. The normalized spacial score (nSPS) is 15.9. The number of carbonyl (C=O) groups excluding carboxylic acids is 1. The van der Waals surface area contributed by atoms with Crippen molar-refractivity contribution >= 4 is 11.6 Å². The van der Waals surface area contributed by atoms with E-state index in [1.54, 1.807) is 4.90 Å². The maximum Gasteiger partial charge on any atom is 0.231 e. The Morgan fingerprint density at radius 3 is 3.00 bits per heavy atom. The molecule has 1 aliphatic heterocycles. The summed E-state index contributed by atoms with van der Waals surface area (Å²) in [5, 5.41) is 3.37. The first-order valence-electron chi connectivity index (χ1n) is 6.42. The summed E-state index contributed by atoms with van der Waals surface area (Å²) in [5.74, 6) is 0.173. The van der Waals surface area contributed by atoms with E-state index in [1.165, 1.54) is 5.56 Å². The van der Waals surface area contributed by atoms with E-state index >= 15 is 0 Å². The molecular weight excluding hydrogens is 226 g/mol. The molecule has 4 heteroatoms. The van der Waals surface area contributed by atoms with Crippen LogP contribution < -0.4 is 16.0 Å². The zero-order valence-corrected chi connectivity index (χ0v) is 11.1. The molecule has 1 aromatic rings. The standard InChI is InChI=1S/C14H21N3O/c1-10(15)5-6-16-9-11-3-4-13-12(7-11)8-14(18)17(13)2/h3-4,7,10,16H,5-6,8-9,15H2,1-2H3. The van der Waals surface area contributed by atoms with Gasteiger partial charge < -0.3 is 16.0 Å². The van der Waals surface area contributed by atoms with E-state index in [4.69, 9.17) is 5.73 Å². The molecular formula is C14H21N3O. The molecule has 3 N–H and O–H groups in total. The summed E-state index contributed by atoms with van der Waals surface area (Å²) in [7, 11) is 1.83. The zero-order valence-electron chi connectivity index (χ0n) is 11.1. The Labute approximate surface area is 108 Å². The van der Waals surface area contributed by atoms with Crippen molar-refractivity contribution in [1.82, 2.24) is 5.32 Å². The van der Waals surface area contributed by atoms with E-state index in [2.05, 4.69) is 17.4 Å². The molecule has 1 unspecified atom stereocenters. The second-order valence-electron chi connectivity index (χ2n) is 5.04. The van der Waals surface area contributed by atoms with Gasteiger partial charge in [0.15, 0.2) is 0 Å². The Balaban J connectivity index is 1.92. The molecule has 0 saturated heterocycles. The fourth-order valence-corrected chi connectivity index (χ4v) is 2.20. The van der Waals surface area contributed by atoms with Crippen LogP contribution in [-0.4, -0.2) is 25.5 Å². The molecule has 98 valence electrons. The number of hydrogen-bond acceptors (Lipinski definition) is 3. The molecule has 1 atom stereocenters. The first kappa shape index (κ1) is 13.1. The van der Waals surface area contributed by atoms with Gasteiger partial charge in [-0.2, -0.15) is 0 Å². The molecule has 0 radical (unpaired) electrons. The molecule has 1 amide bonds. The Morgan fingerprint density at radius 2 is 2.28 bits per heavy atom. The molecule has 0 fully saturated rings. The number of nitrogens with zero attached hydrogens (tertiary/aromatic N) is 1. The average Bonchev–Trinajstić information content (AvgIpc) is 2.60. The van der Waals surface area contributed by atoms with Gasteiger partial charge >= 0.3 is 0 Å². The Morgan fingerprint density at radius 1 is 1.50 bits per heavy atom. The second kappa shape index (κ2) is 5.50. The predicted octanol–water partition coefficient (Wildman–Crippen LogP) is 1.03. The van der Waals surface area contributed by atoms with E-state index < -0.39 is 0 Å². The van der Waals surface area contributed by atoms with Crippen molar-refractivity contribution in [2.45, 2.75) is 32.4 Å². The quantitative estimate of drug-likeness (QED) is 0.764. The van der Waals surface area contributed by atoms with Crippen LogP contribution in [0.4, 0.5) is 5.69 Å². The van der Waals surface area contributed by atoms with Crippen LogP contribution in [0.2, 0.25) is 0 Å². The van der Waals surface area contributed by atoms with E-state index in [1.807, 2.05) is 20.0 Å². The Kier molecular flexibility index (Phi) is 3.99. The number of hydrogen-bond donors (Lipinski definition) is 2. The van der Waals surface area contributed by atoms with Crippen LogP contribution in [0.5, 0.6) is 0 Å². The molecule has 18 heavy (non-hydrogen) atoms. The largest absolute Gasteiger partial charge is 0.328 e. The number of benzene rings is 1. The van der Waals surface area contributed by atoms with E-state index in [-0.39, 0.29) is 11.9 Å². The lowest BCUT2D eigenvalue weighted by Gasteiger charge is -2.11. The van der Waals surface area contributed by atoms with E-state index in [0.29, 0.717) is 6.42 Å². The fraction of sp³-hybridized carbons (Fsp3) is 0.500. The Hall–Kier alpha value is -1.39. The van der Waals surface area contributed by atoms with Crippen molar-refractivity contribution in [1.29, 1.82) is 0 Å². The number of fused-ring (bicyclic) bond motifs is 1. The topological polar surface area (TPSA) is 58.4 Å². The summed E-state index contributed by atoms with van der Waals surface area (Å²) >= 11 is 0. The van der Waals surface area contributed by atoms with Gasteiger partial charge in [0.25, 0.3) is 0 Å². The number of amides is 1. The lowest BCUT2D eigenvalue weighted by molar-refractivity contribution is -0.117. The number of nitrogens with two attached hydrogens (primary N) is 1. The molecule has 0 spiro atoms. The summed E-state index contributed by atoms with van der Waals surface area (Å²) in [6.45, 7) is 3.77. The number of rotatable bonds is 5. The second-order valence-corrected chi connectivity index (χ2v) is 5.04. The molecule has 0 aromatic heterocycles. The third kappa shape index (κ3) is 2.89. The van der Waals surface area contributed by atoms with Gasteiger partial charge in [-0.05, 0) is 37.1 Å². The SMILES string of the molecule is CC(N)CCNCc1ccc2c(c1)CC(=O)N2C. The minimum Gasteiger partial charge on any atom is -0.328 e. The van der Waals surface area contributed by atoms with Gasteiger partial charge in [0.05, 0.1) is 6.42 Å². The van der Waals surface area contributed by atoms with Crippen molar-refractivity contribution in [3.8, 4) is 0 Å². The lowest BCUT2D eigenvalue weighted by Crippen LogP contribution is -2.23. The third-order valence-corrected chi connectivity index (χ3v) is 3.33. The molecule has 0 saturated carbocycles. The van der Waals surface area contributed by atoms with Crippen LogP contribution >= 0.6 is 0 Å². The summed E-state index contributed by atoms with van der Waals surface area (Å²) in [5.41, 5.74) is 9.09. The van der Waals surface area contributed by atoms with Gasteiger partial charge in [-0.25, -0.2) is 0 Å². The highest BCUT2D eigenvalue weighted by molar-refractivity contribution is 6.00. The van der Waals surface area contributed by atoms with E-state index in [9.17, 15) is 4.79 Å². The van der Waals surface area contributed by atoms with Crippen molar-refractivity contribution in [3.05, 3.63) is 29.3 Å². The smallest absolute Gasteiger partial charge is 0.231 e. The van der Waals surface area contributed by atoms with Crippen molar-refractivity contribution in [2.75, 3.05) is 18.5 Å². The van der Waals surface area contributed by atoms with Crippen LogP contribution in [0.3, 0.4) is 0 Å². The predicted molar refractivity (Wildman–Crippen MR) is 73.5 cm³/mol. The third-order valence-electron chi connectivity index (χ3n) is 3.33. The zero-order chi connectivity index (χ0) is 13.1. The summed E-state index contributed by atoms with van der Waals surface area (Å²) in [6.07, 6.45) is 1.51. The summed E-state index contributed by atoms with van der Waals surface area (Å²) in [6, 6.07) is 6.47. The number of likely N-dealkylation sites (N-methyl/N-ethyl adjacent to an activating group) is 1. The van der Waals surface area contributed by atoms with Gasteiger partial charge in [-0.1, -0.05) is 12.1 Å². The van der Waals surface area contributed by atoms with Crippen molar-refractivity contribution in [2.24, 2.45) is 5.73 Å². The van der Waals surface area contributed by atoms with E-state index in [0.717, 1.165) is 30.8 Å². The number of carbonyl (C=O) groups is 1.